The van der Waals surface area contributed by atoms with E-state index in [4.69, 9.17) is 22.1 Å². The Hall–Kier alpha value is -1.02. The summed E-state index contributed by atoms with van der Waals surface area (Å²) in [5.41, 5.74) is -0.571. The van der Waals surface area contributed by atoms with Crippen molar-refractivity contribution in [1.82, 2.24) is 10.2 Å². The van der Waals surface area contributed by atoms with Gasteiger partial charge in [0.15, 0.2) is 0 Å². The third-order valence-corrected chi connectivity index (χ3v) is 3.66. The summed E-state index contributed by atoms with van der Waals surface area (Å²) >= 11 is 6.65. The number of rotatable bonds is 3. The number of carbonyl (C=O) groups excluding carboxylic acids is 1. The van der Waals surface area contributed by atoms with E-state index in [0.29, 0.717) is 16.6 Å². The van der Waals surface area contributed by atoms with Crippen LogP contribution in [0.4, 0.5) is 4.79 Å². The lowest BCUT2D eigenvalue weighted by molar-refractivity contribution is -0.140. The Balaban J connectivity index is 2.43. The molecule has 0 aromatic rings. The van der Waals surface area contributed by atoms with Crippen molar-refractivity contribution in [3.05, 3.63) is 0 Å². The highest BCUT2D eigenvalue weighted by Gasteiger charge is 2.32. The van der Waals surface area contributed by atoms with Crippen molar-refractivity contribution in [3.8, 4) is 0 Å². The highest BCUT2D eigenvalue weighted by atomic mass is 32.2. The molecule has 0 aromatic heterocycles. The summed E-state index contributed by atoms with van der Waals surface area (Å²) in [6, 6.07) is -0.613. The molecule has 19 heavy (non-hydrogen) atoms. The maximum absolute atomic E-state index is 11.5. The van der Waals surface area contributed by atoms with Crippen molar-refractivity contribution >= 4 is 41.0 Å². The molecule has 1 aliphatic heterocycles. The highest BCUT2D eigenvalue weighted by Crippen LogP contribution is 2.21. The average Bonchev–Trinajstić information content (AvgIpc) is 2.72. The van der Waals surface area contributed by atoms with Gasteiger partial charge in [0.1, 0.15) is 11.6 Å². The number of aliphatic carboxylic acids is 1. The summed E-state index contributed by atoms with van der Waals surface area (Å²) < 4.78 is 5.08. The van der Waals surface area contributed by atoms with Crippen molar-refractivity contribution in [3.63, 3.8) is 0 Å². The maximum Gasteiger partial charge on any atom is 0.408 e. The van der Waals surface area contributed by atoms with E-state index in [1.54, 1.807) is 25.7 Å². The Kier molecular flexibility index (Phi) is 5.42. The van der Waals surface area contributed by atoms with Gasteiger partial charge in [-0.25, -0.2) is 9.59 Å². The number of carboxylic acids is 1. The third kappa shape index (κ3) is 5.23. The molecule has 0 radical (unpaired) electrons. The van der Waals surface area contributed by atoms with Crippen LogP contribution in [0.3, 0.4) is 0 Å². The van der Waals surface area contributed by atoms with E-state index in [1.165, 1.54) is 11.8 Å². The van der Waals surface area contributed by atoms with Crippen LogP contribution in [0.25, 0.3) is 0 Å². The number of alkyl carbamates (subject to hydrolysis) is 1. The van der Waals surface area contributed by atoms with E-state index in [1.807, 2.05) is 0 Å². The van der Waals surface area contributed by atoms with Crippen LogP contribution in [-0.4, -0.2) is 56.9 Å². The van der Waals surface area contributed by atoms with Crippen LogP contribution in [-0.2, 0) is 9.53 Å². The van der Waals surface area contributed by atoms with Gasteiger partial charge in [0.2, 0.25) is 0 Å². The van der Waals surface area contributed by atoms with Crippen LogP contribution < -0.4 is 5.32 Å². The van der Waals surface area contributed by atoms with E-state index >= 15 is 0 Å². The topological polar surface area (TPSA) is 78.9 Å². The lowest BCUT2D eigenvalue weighted by Crippen LogP contribution is -2.46. The van der Waals surface area contributed by atoms with Crippen molar-refractivity contribution < 1.29 is 19.4 Å². The molecular weight excluding hydrogens is 288 g/mol. The minimum atomic E-state index is -0.899. The van der Waals surface area contributed by atoms with Gasteiger partial charge < -0.3 is 20.1 Å². The number of amides is 1. The van der Waals surface area contributed by atoms with Gasteiger partial charge in [0.25, 0.3) is 0 Å². The number of hydrogen-bond donors (Lipinski definition) is 2. The summed E-state index contributed by atoms with van der Waals surface area (Å²) in [6.45, 7) is 5.40. The standard InChI is InChI=1S/C11H18N2O4S2/c1-11(2,3)17-10(16)12-4-8(18)13-6-19-5-7(13)9(14)15/h7H,4-6H2,1-3H3,(H,12,16)(H,14,15). The second-order valence-corrected chi connectivity index (χ2v) is 6.54. The molecule has 1 aliphatic rings. The van der Waals surface area contributed by atoms with Gasteiger partial charge in [-0.2, -0.15) is 0 Å². The van der Waals surface area contributed by atoms with Gasteiger partial charge in [-0.1, -0.05) is 12.2 Å². The molecule has 1 atom stereocenters. The van der Waals surface area contributed by atoms with Crippen LogP contribution >= 0.6 is 24.0 Å². The minimum Gasteiger partial charge on any atom is -0.480 e. The second kappa shape index (κ2) is 6.42. The summed E-state index contributed by atoms with van der Waals surface area (Å²) in [5.74, 6) is 0.137. The molecular formula is C11H18N2O4S2. The van der Waals surface area contributed by atoms with Crippen molar-refractivity contribution in [2.45, 2.75) is 32.4 Å². The molecule has 8 heteroatoms. The monoisotopic (exact) mass is 306 g/mol. The van der Waals surface area contributed by atoms with Gasteiger partial charge in [0, 0.05) is 5.75 Å². The molecule has 108 valence electrons. The van der Waals surface area contributed by atoms with Crippen LogP contribution in [0.5, 0.6) is 0 Å². The quantitative estimate of drug-likeness (QED) is 0.761. The Bertz CT molecular complexity index is 381. The van der Waals surface area contributed by atoms with E-state index in [2.05, 4.69) is 5.32 Å². The Morgan fingerprint density at radius 1 is 1.53 bits per heavy atom. The highest BCUT2D eigenvalue weighted by molar-refractivity contribution is 7.99. The van der Waals surface area contributed by atoms with E-state index in [9.17, 15) is 9.59 Å². The molecule has 1 saturated heterocycles. The number of nitrogens with zero attached hydrogens (tertiary/aromatic N) is 1. The van der Waals surface area contributed by atoms with Gasteiger partial charge in [0.05, 0.1) is 17.4 Å². The smallest absolute Gasteiger partial charge is 0.408 e. The van der Waals surface area contributed by atoms with Gasteiger partial charge in [-0.05, 0) is 20.8 Å². The fraction of sp³-hybridized carbons (Fsp3) is 0.727. The number of carboxylic acid groups (broad SMARTS) is 1. The molecule has 1 fully saturated rings. The predicted octanol–water partition coefficient (Wildman–Crippen LogP) is 1.30. The van der Waals surface area contributed by atoms with Crippen molar-refractivity contribution in [1.29, 1.82) is 0 Å². The number of hydrogen-bond acceptors (Lipinski definition) is 5. The zero-order valence-corrected chi connectivity index (χ0v) is 12.8. The number of ether oxygens (including phenoxy) is 1. The first-order chi connectivity index (χ1) is 8.70. The molecule has 6 nitrogen and oxygen atoms in total. The summed E-state index contributed by atoms with van der Waals surface area (Å²) in [4.78, 5) is 24.5. The Morgan fingerprint density at radius 2 is 2.16 bits per heavy atom. The molecule has 0 aliphatic carbocycles. The van der Waals surface area contributed by atoms with Crippen LogP contribution in [0.2, 0.25) is 0 Å². The molecule has 1 unspecified atom stereocenters. The largest absolute Gasteiger partial charge is 0.480 e. The fourth-order valence-electron chi connectivity index (χ4n) is 1.46. The molecule has 0 bridgehead atoms. The first-order valence-corrected chi connectivity index (χ1v) is 7.34. The number of nitrogens with one attached hydrogen (secondary N) is 1. The van der Waals surface area contributed by atoms with E-state index < -0.39 is 23.7 Å². The van der Waals surface area contributed by atoms with Crippen LogP contribution in [0, 0.1) is 0 Å². The second-order valence-electron chi connectivity index (χ2n) is 5.07. The lowest BCUT2D eigenvalue weighted by Gasteiger charge is -2.24. The molecule has 0 saturated carbocycles. The Labute approximate surface area is 121 Å². The number of thiocarbonyl (C=S) groups is 1. The summed E-state index contributed by atoms with van der Waals surface area (Å²) in [5, 5.41) is 11.6. The minimum absolute atomic E-state index is 0.106. The number of carbonyl (C=O) groups is 2. The van der Waals surface area contributed by atoms with Crippen molar-refractivity contribution in [2.75, 3.05) is 18.2 Å². The number of thioether (sulfide) groups is 1. The SMILES string of the molecule is CC(C)(C)OC(=O)NCC(=S)N1CSCC1C(=O)O. The molecule has 1 heterocycles. The van der Waals surface area contributed by atoms with Crippen LogP contribution in [0.1, 0.15) is 20.8 Å². The molecule has 0 aromatic carbocycles. The predicted molar refractivity (Wildman–Crippen MR) is 77.4 cm³/mol. The molecule has 1 amide bonds. The van der Waals surface area contributed by atoms with E-state index in [0.717, 1.165) is 0 Å². The lowest BCUT2D eigenvalue weighted by atomic mass is 10.2. The first kappa shape index (κ1) is 16.0. The average molecular weight is 306 g/mol. The fourth-order valence-corrected chi connectivity index (χ4v) is 2.99. The molecule has 2 N–H and O–H groups in total. The third-order valence-electron chi connectivity index (χ3n) is 2.27. The van der Waals surface area contributed by atoms with Gasteiger partial charge in [-0.15, -0.1) is 11.8 Å². The van der Waals surface area contributed by atoms with Gasteiger partial charge in [-0.3, -0.25) is 0 Å². The normalized spacial score (nSPS) is 19.1. The van der Waals surface area contributed by atoms with Crippen LogP contribution in [0.15, 0.2) is 0 Å². The first-order valence-electron chi connectivity index (χ1n) is 5.77. The Morgan fingerprint density at radius 3 is 2.68 bits per heavy atom. The van der Waals surface area contributed by atoms with Gasteiger partial charge >= 0.3 is 12.1 Å². The van der Waals surface area contributed by atoms with Crippen molar-refractivity contribution in [2.24, 2.45) is 0 Å². The summed E-state index contributed by atoms with van der Waals surface area (Å²) in [6.07, 6.45) is -0.562. The maximum atomic E-state index is 11.5. The van der Waals surface area contributed by atoms with E-state index in [-0.39, 0.29) is 6.54 Å². The zero-order chi connectivity index (χ0) is 14.6. The zero-order valence-electron chi connectivity index (χ0n) is 11.1. The molecule has 0 spiro atoms. The molecule has 1 rings (SSSR count). The summed E-state index contributed by atoms with van der Waals surface area (Å²) in [7, 11) is 0.